The molecule has 1 amide bonds. The summed E-state index contributed by atoms with van der Waals surface area (Å²) in [6.07, 6.45) is 1.64. The minimum Gasteiger partial charge on any atom is -0.450 e. The van der Waals surface area contributed by atoms with E-state index in [1.54, 1.807) is 24.3 Å². The molecule has 0 atom stereocenters. The highest BCUT2D eigenvalue weighted by Crippen LogP contribution is 2.34. The van der Waals surface area contributed by atoms with Crippen LogP contribution in [0, 0.1) is 20.2 Å². The number of nitro groups is 2. The van der Waals surface area contributed by atoms with Gasteiger partial charge in [-0.1, -0.05) is 42.5 Å². The molecule has 0 aromatic heterocycles. The van der Waals surface area contributed by atoms with Crippen molar-refractivity contribution in [2.45, 2.75) is 6.42 Å². The van der Waals surface area contributed by atoms with Crippen LogP contribution in [0.1, 0.15) is 11.1 Å². The first-order valence-electron chi connectivity index (χ1n) is 10.4. The number of hydrogen-bond acceptors (Lipinski definition) is 7. The molecule has 0 heterocycles. The van der Waals surface area contributed by atoms with Crippen molar-refractivity contribution in [3.8, 4) is 11.5 Å². The Morgan fingerprint density at radius 1 is 0.914 bits per heavy atom. The fourth-order valence-electron chi connectivity index (χ4n) is 3.44. The Labute approximate surface area is 198 Å². The van der Waals surface area contributed by atoms with E-state index in [-0.39, 0.29) is 18.1 Å². The van der Waals surface area contributed by atoms with Crippen LogP contribution in [0.5, 0.6) is 11.5 Å². The van der Waals surface area contributed by atoms with Gasteiger partial charge in [0.1, 0.15) is 5.75 Å². The minimum absolute atomic E-state index is 0.122. The lowest BCUT2D eigenvalue weighted by Gasteiger charge is -2.07. The summed E-state index contributed by atoms with van der Waals surface area (Å²) < 4.78 is 5.53. The molecular weight excluding hydrogens is 452 g/mol. The van der Waals surface area contributed by atoms with E-state index >= 15 is 0 Å². The SMILES string of the molecule is O=C(Cc1cccc2ccccc12)N/N=C\c1ccc(Oc2ccc([N+](=O)[O-])cc2[N+](=O)[O-])cc1. The molecule has 0 saturated carbocycles. The van der Waals surface area contributed by atoms with Crippen molar-refractivity contribution in [3.05, 3.63) is 116 Å². The molecule has 174 valence electrons. The Bertz CT molecular complexity index is 1450. The summed E-state index contributed by atoms with van der Waals surface area (Å²) in [4.78, 5) is 33.0. The summed E-state index contributed by atoms with van der Waals surface area (Å²) in [5, 5.41) is 28.1. The molecule has 0 aliphatic rings. The van der Waals surface area contributed by atoms with Crippen molar-refractivity contribution in [2.24, 2.45) is 5.10 Å². The van der Waals surface area contributed by atoms with E-state index in [4.69, 9.17) is 4.74 Å². The van der Waals surface area contributed by atoms with Gasteiger partial charge in [-0.25, -0.2) is 5.43 Å². The van der Waals surface area contributed by atoms with Crippen molar-refractivity contribution in [1.29, 1.82) is 0 Å². The molecule has 4 rings (SSSR count). The van der Waals surface area contributed by atoms with Gasteiger partial charge < -0.3 is 4.74 Å². The number of fused-ring (bicyclic) bond motifs is 1. The summed E-state index contributed by atoms with van der Waals surface area (Å²) in [5.74, 6) is -0.0927. The quantitative estimate of drug-likeness (QED) is 0.215. The molecular formula is C25H18N4O6. The van der Waals surface area contributed by atoms with Crippen LogP contribution in [-0.4, -0.2) is 22.0 Å². The molecule has 0 aliphatic carbocycles. The second kappa shape index (κ2) is 10.2. The molecule has 4 aromatic carbocycles. The van der Waals surface area contributed by atoms with Gasteiger partial charge in [0.05, 0.1) is 28.5 Å². The van der Waals surface area contributed by atoms with Crippen LogP contribution in [0.3, 0.4) is 0 Å². The molecule has 0 fully saturated rings. The van der Waals surface area contributed by atoms with Crippen LogP contribution in [0.4, 0.5) is 11.4 Å². The third-order valence-electron chi connectivity index (χ3n) is 5.09. The highest BCUT2D eigenvalue weighted by molar-refractivity contribution is 5.90. The molecule has 0 bridgehead atoms. The van der Waals surface area contributed by atoms with E-state index < -0.39 is 21.2 Å². The predicted molar refractivity (Wildman–Crippen MR) is 130 cm³/mol. The molecule has 4 aromatic rings. The Balaban J connectivity index is 1.38. The highest BCUT2D eigenvalue weighted by Gasteiger charge is 2.21. The van der Waals surface area contributed by atoms with Crippen LogP contribution >= 0.6 is 0 Å². The number of nitro benzene ring substituents is 2. The van der Waals surface area contributed by atoms with Gasteiger partial charge in [-0.05, 0) is 52.2 Å². The topological polar surface area (TPSA) is 137 Å². The number of benzene rings is 4. The summed E-state index contributed by atoms with van der Waals surface area (Å²) >= 11 is 0. The van der Waals surface area contributed by atoms with Gasteiger partial charge in [0.25, 0.3) is 5.69 Å². The lowest BCUT2D eigenvalue weighted by molar-refractivity contribution is -0.394. The van der Waals surface area contributed by atoms with Gasteiger partial charge in [0.2, 0.25) is 11.7 Å². The van der Waals surface area contributed by atoms with E-state index in [2.05, 4.69) is 10.5 Å². The molecule has 35 heavy (non-hydrogen) atoms. The molecule has 0 unspecified atom stereocenters. The first-order valence-corrected chi connectivity index (χ1v) is 10.4. The number of hydrazone groups is 1. The van der Waals surface area contributed by atoms with Gasteiger partial charge >= 0.3 is 5.69 Å². The zero-order chi connectivity index (χ0) is 24.8. The predicted octanol–water partition coefficient (Wildman–Crippen LogP) is 5.14. The first kappa shape index (κ1) is 23.1. The Morgan fingerprint density at radius 3 is 2.40 bits per heavy atom. The number of carbonyl (C=O) groups excluding carboxylic acids is 1. The standard InChI is InChI=1S/C25H18N4O6/c30-25(14-19-6-3-5-18-4-1-2-7-22(18)19)27-26-16-17-8-11-21(12-9-17)35-24-13-10-20(28(31)32)15-23(24)29(33)34/h1-13,15-16H,14H2,(H,27,30)/b26-16-. The third-order valence-corrected chi connectivity index (χ3v) is 5.09. The van der Waals surface area contributed by atoms with Gasteiger partial charge in [0.15, 0.2) is 0 Å². The monoisotopic (exact) mass is 470 g/mol. The van der Waals surface area contributed by atoms with Gasteiger partial charge in [0, 0.05) is 6.07 Å². The van der Waals surface area contributed by atoms with Crippen molar-refractivity contribution in [2.75, 3.05) is 0 Å². The van der Waals surface area contributed by atoms with E-state index in [0.717, 1.165) is 28.5 Å². The number of ether oxygens (including phenoxy) is 1. The second-order valence-corrected chi connectivity index (χ2v) is 7.45. The van der Waals surface area contributed by atoms with E-state index in [9.17, 15) is 25.0 Å². The van der Waals surface area contributed by atoms with E-state index in [1.165, 1.54) is 12.3 Å². The lowest BCUT2D eigenvalue weighted by Crippen LogP contribution is -2.19. The number of nitrogens with zero attached hydrogens (tertiary/aromatic N) is 3. The molecule has 0 radical (unpaired) electrons. The van der Waals surface area contributed by atoms with Gasteiger partial charge in [-0.15, -0.1) is 0 Å². The number of non-ortho nitro benzene ring substituents is 1. The zero-order valence-electron chi connectivity index (χ0n) is 18.2. The number of amides is 1. The Hall–Kier alpha value is -5.12. The Kier molecular flexibility index (Phi) is 6.73. The summed E-state index contributed by atoms with van der Waals surface area (Å²) in [5.41, 5.74) is 3.14. The molecule has 0 spiro atoms. The summed E-state index contributed by atoms with van der Waals surface area (Å²) in [7, 11) is 0. The zero-order valence-corrected chi connectivity index (χ0v) is 18.2. The maximum Gasteiger partial charge on any atom is 0.318 e. The smallest absolute Gasteiger partial charge is 0.318 e. The molecule has 0 saturated heterocycles. The first-order chi connectivity index (χ1) is 16.9. The molecule has 0 aliphatic heterocycles. The van der Waals surface area contributed by atoms with Crippen molar-refractivity contribution in [1.82, 2.24) is 5.43 Å². The lowest BCUT2D eigenvalue weighted by atomic mass is 10.0. The minimum atomic E-state index is -0.746. The van der Waals surface area contributed by atoms with E-state index in [0.29, 0.717) is 11.3 Å². The van der Waals surface area contributed by atoms with Crippen LogP contribution < -0.4 is 10.2 Å². The van der Waals surface area contributed by atoms with Gasteiger partial charge in [-0.2, -0.15) is 5.10 Å². The van der Waals surface area contributed by atoms with Crippen LogP contribution in [0.15, 0.2) is 90.0 Å². The molecule has 10 heteroatoms. The van der Waals surface area contributed by atoms with Gasteiger partial charge in [-0.3, -0.25) is 25.0 Å². The number of carbonyl (C=O) groups is 1. The average molecular weight is 470 g/mol. The number of rotatable bonds is 8. The van der Waals surface area contributed by atoms with Crippen molar-refractivity contribution < 1.29 is 19.4 Å². The molecule has 1 N–H and O–H groups in total. The number of hydrogen-bond donors (Lipinski definition) is 1. The van der Waals surface area contributed by atoms with Crippen molar-refractivity contribution in [3.63, 3.8) is 0 Å². The third kappa shape index (κ3) is 5.63. The van der Waals surface area contributed by atoms with Crippen LogP contribution in [0.2, 0.25) is 0 Å². The second-order valence-electron chi connectivity index (χ2n) is 7.45. The average Bonchev–Trinajstić information content (AvgIpc) is 2.85. The van der Waals surface area contributed by atoms with Crippen LogP contribution in [-0.2, 0) is 11.2 Å². The maximum absolute atomic E-state index is 12.3. The highest BCUT2D eigenvalue weighted by atomic mass is 16.6. The molecule has 10 nitrogen and oxygen atoms in total. The normalized spacial score (nSPS) is 10.9. The summed E-state index contributed by atoms with van der Waals surface area (Å²) in [6.45, 7) is 0. The fourth-order valence-corrected chi connectivity index (χ4v) is 3.44. The maximum atomic E-state index is 12.3. The fraction of sp³-hybridized carbons (Fsp3) is 0.0400. The van der Waals surface area contributed by atoms with Crippen LogP contribution in [0.25, 0.3) is 10.8 Å². The van der Waals surface area contributed by atoms with E-state index in [1.807, 2.05) is 42.5 Å². The Morgan fingerprint density at radius 2 is 1.66 bits per heavy atom. The largest absolute Gasteiger partial charge is 0.450 e. The number of nitrogens with one attached hydrogen (secondary N) is 1. The van der Waals surface area contributed by atoms with Crippen molar-refractivity contribution >= 4 is 34.3 Å². The summed E-state index contributed by atoms with van der Waals surface area (Å²) in [6, 6.07) is 23.2.